The Morgan fingerprint density at radius 2 is 1.64 bits per heavy atom. The molecule has 2 aromatic carbocycles. The van der Waals surface area contributed by atoms with E-state index in [1.54, 1.807) is 48.5 Å². The third kappa shape index (κ3) is 5.86. The summed E-state index contributed by atoms with van der Waals surface area (Å²) in [6.45, 7) is 1.38. The van der Waals surface area contributed by atoms with E-state index in [0.717, 1.165) is 11.1 Å². The summed E-state index contributed by atoms with van der Waals surface area (Å²) in [6.07, 6.45) is -2.04. The van der Waals surface area contributed by atoms with Gasteiger partial charge in [-0.05, 0) is 41.8 Å². The maximum absolute atomic E-state index is 13.6. The third-order valence-corrected chi connectivity index (χ3v) is 6.26. The highest BCUT2D eigenvalue weighted by molar-refractivity contribution is 6.30. The van der Waals surface area contributed by atoms with Crippen LogP contribution in [0.2, 0.25) is 10.0 Å². The molecule has 1 aliphatic rings. The van der Waals surface area contributed by atoms with Gasteiger partial charge in [-0.25, -0.2) is 0 Å². The van der Waals surface area contributed by atoms with E-state index in [2.05, 4.69) is 0 Å². The van der Waals surface area contributed by atoms with Gasteiger partial charge in [-0.1, -0.05) is 60.8 Å². The molecule has 3 rings (SSSR count). The second kappa shape index (κ2) is 11.3. The lowest BCUT2D eigenvalue weighted by molar-refractivity contribution is -0.185. The van der Waals surface area contributed by atoms with Crippen LogP contribution in [0.15, 0.2) is 48.5 Å². The maximum Gasteiger partial charge on any atom is 0.253 e. The number of aliphatic hydroxyl groups excluding tert-OH is 2. The molecule has 1 saturated heterocycles. The fourth-order valence-corrected chi connectivity index (χ4v) is 4.44. The van der Waals surface area contributed by atoms with Crippen molar-refractivity contribution in [1.29, 1.82) is 0 Å². The number of primary amides is 1. The van der Waals surface area contributed by atoms with Gasteiger partial charge >= 0.3 is 0 Å². The molecule has 0 aliphatic carbocycles. The Morgan fingerprint density at radius 3 is 2.12 bits per heavy atom. The molecule has 1 aliphatic heterocycles. The second-order valence-electron chi connectivity index (χ2n) is 8.12. The summed E-state index contributed by atoms with van der Waals surface area (Å²) >= 11 is 12.2. The van der Waals surface area contributed by atoms with Crippen molar-refractivity contribution in [3.05, 3.63) is 69.7 Å². The molecular formula is C24H28Cl2N2O5. The van der Waals surface area contributed by atoms with Crippen molar-refractivity contribution >= 4 is 35.0 Å². The largest absolute Gasteiger partial charge is 0.394 e. The summed E-state index contributed by atoms with van der Waals surface area (Å²) in [4.78, 5) is 27.6. The van der Waals surface area contributed by atoms with Gasteiger partial charge in [-0.15, -0.1) is 0 Å². The molecule has 1 fully saturated rings. The minimum absolute atomic E-state index is 0.124. The smallest absolute Gasteiger partial charge is 0.253 e. The van der Waals surface area contributed by atoms with Gasteiger partial charge in [0.05, 0.1) is 18.8 Å². The first-order chi connectivity index (χ1) is 15.8. The monoisotopic (exact) mass is 494 g/mol. The van der Waals surface area contributed by atoms with E-state index in [-0.39, 0.29) is 6.42 Å². The number of nitrogens with zero attached hydrogens (tertiary/aromatic N) is 1. The predicted molar refractivity (Wildman–Crippen MR) is 126 cm³/mol. The van der Waals surface area contributed by atoms with E-state index < -0.39 is 48.8 Å². The molecule has 7 nitrogen and oxygen atoms in total. The van der Waals surface area contributed by atoms with Gasteiger partial charge in [0.25, 0.3) is 5.91 Å². The third-order valence-electron chi connectivity index (χ3n) is 5.76. The summed E-state index contributed by atoms with van der Waals surface area (Å²) in [5.74, 6) is -1.09. The van der Waals surface area contributed by atoms with Crippen LogP contribution in [0.5, 0.6) is 0 Å². The number of aliphatic hydroxyl groups is 2. The summed E-state index contributed by atoms with van der Waals surface area (Å²) in [5, 5.41) is 20.5. The van der Waals surface area contributed by atoms with Crippen LogP contribution in [-0.2, 0) is 14.3 Å². The topological polar surface area (TPSA) is 113 Å². The van der Waals surface area contributed by atoms with E-state index in [9.17, 15) is 19.8 Å². The zero-order chi connectivity index (χ0) is 24.1. The standard InChI is InChI=1S/C24H28Cl2N2O5/c1-2-3-19(23(27)31)28-21(14-4-8-16(25)9-5-14)22(15-6-10-17(26)11-7-15)33-20(24(28)32)12-18(30)13-29/h4-11,18-22,29-30H,2-3,12-13H2,1H3,(H2,27,31)/t18-,19-,20+,21-,22+/m0/s1. The van der Waals surface area contributed by atoms with E-state index in [0.29, 0.717) is 22.9 Å². The van der Waals surface area contributed by atoms with Crippen LogP contribution >= 0.6 is 23.2 Å². The molecule has 0 radical (unpaired) electrons. The summed E-state index contributed by atoms with van der Waals surface area (Å²) < 4.78 is 6.24. The Labute approximate surface area is 203 Å². The SMILES string of the molecule is CCC[C@@H](C(N)=O)N1C(=O)[C@@H](C[C@H](O)CO)O[C@H](c2ccc(Cl)cc2)[C@@H]1c1ccc(Cl)cc1. The Bertz CT molecular complexity index is 954. The minimum atomic E-state index is -1.16. The number of amides is 2. The molecule has 33 heavy (non-hydrogen) atoms. The van der Waals surface area contributed by atoms with Crippen molar-refractivity contribution in [2.45, 2.75) is 56.6 Å². The summed E-state index contributed by atoms with van der Waals surface area (Å²) in [5.41, 5.74) is 7.21. The lowest BCUT2D eigenvalue weighted by atomic mass is 9.88. The molecule has 1 heterocycles. The molecule has 0 bridgehead atoms. The lowest BCUT2D eigenvalue weighted by Crippen LogP contribution is -2.58. The number of hydrogen-bond acceptors (Lipinski definition) is 5. The van der Waals surface area contributed by atoms with Gasteiger partial charge < -0.3 is 25.6 Å². The summed E-state index contributed by atoms with van der Waals surface area (Å²) in [7, 11) is 0. The molecule has 4 N–H and O–H groups in total. The Hall–Kier alpha value is -2.16. The lowest BCUT2D eigenvalue weighted by Gasteiger charge is -2.47. The molecule has 5 atom stereocenters. The molecule has 178 valence electrons. The van der Waals surface area contributed by atoms with Gasteiger partial charge in [0.15, 0.2) is 0 Å². The van der Waals surface area contributed by atoms with E-state index in [1.165, 1.54) is 4.90 Å². The second-order valence-corrected chi connectivity index (χ2v) is 8.99. The van der Waals surface area contributed by atoms with E-state index >= 15 is 0 Å². The first-order valence-corrected chi connectivity index (χ1v) is 11.6. The van der Waals surface area contributed by atoms with E-state index in [4.69, 9.17) is 33.7 Å². The van der Waals surface area contributed by atoms with Crippen molar-refractivity contribution < 1.29 is 24.5 Å². The molecule has 9 heteroatoms. The zero-order valence-corrected chi connectivity index (χ0v) is 19.7. The maximum atomic E-state index is 13.6. The average Bonchev–Trinajstić information content (AvgIpc) is 2.80. The number of rotatable bonds is 9. The van der Waals surface area contributed by atoms with E-state index in [1.807, 2.05) is 6.92 Å². The van der Waals surface area contributed by atoms with Crippen LogP contribution in [0.4, 0.5) is 0 Å². The van der Waals surface area contributed by atoms with Crippen LogP contribution in [0.25, 0.3) is 0 Å². The van der Waals surface area contributed by atoms with Gasteiger partial charge in [-0.3, -0.25) is 9.59 Å². The highest BCUT2D eigenvalue weighted by Gasteiger charge is 2.48. The Morgan fingerprint density at radius 1 is 1.09 bits per heavy atom. The normalized spacial score (nSPS) is 22.8. The fraction of sp³-hybridized carbons (Fsp3) is 0.417. The zero-order valence-electron chi connectivity index (χ0n) is 18.2. The van der Waals surface area contributed by atoms with Crippen molar-refractivity contribution in [2.24, 2.45) is 5.73 Å². The van der Waals surface area contributed by atoms with Crippen LogP contribution in [0.3, 0.4) is 0 Å². The molecule has 2 amide bonds. The number of nitrogens with two attached hydrogens (primary N) is 1. The Kier molecular flexibility index (Phi) is 8.73. The van der Waals surface area contributed by atoms with Crippen LogP contribution < -0.4 is 5.73 Å². The van der Waals surface area contributed by atoms with Crippen molar-refractivity contribution in [3.8, 4) is 0 Å². The number of halogens is 2. The Balaban J connectivity index is 2.17. The van der Waals surface area contributed by atoms with Crippen molar-refractivity contribution in [2.75, 3.05) is 6.61 Å². The van der Waals surface area contributed by atoms with Gasteiger partial charge in [0, 0.05) is 16.5 Å². The number of ether oxygens (including phenoxy) is 1. The number of hydrogen-bond donors (Lipinski definition) is 3. The van der Waals surface area contributed by atoms with Crippen molar-refractivity contribution in [1.82, 2.24) is 4.90 Å². The molecule has 0 saturated carbocycles. The molecule has 2 aromatic rings. The number of carbonyl (C=O) groups is 2. The minimum Gasteiger partial charge on any atom is -0.394 e. The highest BCUT2D eigenvalue weighted by atomic mass is 35.5. The van der Waals surface area contributed by atoms with Crippen molar-refractivity contribution in [3.63, 3.8) is 0 Å². The van der Waals surface area contributed by atoms with Gasteiger partial charge in [-0.2, -0.15) is 0 Å². The molecule has 0 aromatic heterocycles. The number of morpholine rings is 1. The first-order valence-electron chi connectivity index (χ1n) is 10.8. The van der Waals surface area contributed by atoms with Gasteiger partial charge in [0.2, 0.25) is 5.91 Å². The first kappa shape index (κ1) is 25.5. The molecular weight excluding hydrogens is 467 g/mol. The molecule has 0 unspecified atom stereocenters. The number of carbonyl (C=O) groups excluding carboxylic acids is 2. The predicted octanol–water partition coefficient (Wildman–Crippen LogP) is 3.40. The van der Waals surface area contributed by atoms with Gasteiger partial charge in [0.1, 0.15) is 18.2 Å². The quantitative estimate of drug-likeness (QED) is 0.494. The molecule has 0 spiro atoms. The number of benzene rings is 2. The average molecular weight is 495 g/mol. The van der Waals surface area contributed by atoms with Crippen LogP contribution in [0.1, 0.15) is 49.5 Å². The van der Waals surface area contributed by atoms with Crippen LogP contribution in [0, 0.1) is 0 Å². The van der Waals surface area contributed by atoms with Crippen LogP contribution in [-0.4, -0.2) is 51.8 Å². The highest BCUT2D eigenvalue weighted by Crippen LogP contribution is 2.44. The summed E-state index contributed by atoms with van der Waals surface area (Å²) in [6, 6.07) is 12.4. The fourth-order valence-electron chi connectivity index (χ4n) is 4.18.